The molecule has 1 fully saturated rings. The van der Waals surface area contributed by atoms with E-state index in [2.05, 4.69) is 27.1 Å². The van der Waals surface area contributed by atoms with E-state index < -0.39 is 15.8 Å². The minimum Gasteiger partial charge on any atom is -0.481 e. The minimum atomic E-state index is -2.97. The summed E-state index contributed by atoms with van der Waals surface area (Å²) < 4.78 is 29.4. The van der Waals surface area contributed by atoms with Crippen molar-refractivity contribution in [3.8, 4) is 6.01 Å². The molecule has 1 saturated heterocycles. The third-order valence-electron chi connectivity index (χ3n) is 6.33. The molecule has 2 N–H and O–H groups in total. The van der Waals surface area contributed by atoms with E-state index in [0.29, 0.717) is 37.6 Å². The van der Waals surface area contributed by atoms with Crippen LogP contribution in [0.15, 0.2) is 30.6 Å². The number of carboxylic acid groups (broad SMARTS) is 1. The fourth-order valence-corrected chi connectivity index (χ4v) is 6.00. The second-order valence-electron chi connectivity index (χ2n) is 8.87. The summed E-state index contributed by atoms with van der Waals surface area (Å²) in [5, 5.41) is 12.8. The molecule has 1 unspecified atom stereocenters. The van der Waals surface area contributed by atoms with Crippen LogP contribution in [0.3, 0.4) is 0 Å². The molecular weight excluding hydrogens is 468 g/mol. The molecule has 9 nitrogen and oxygen atoms in total. The molecule has 0 aliphatic carbocycles. The van der Waals surface area contributed by atoms with E-state index in [1.54, 1.807) is 12.4 Å². The van der Waals surface area contributed by atoms with Crippen LogP contribution in [0, 0.1) is 0 Å². The van der Waals surface area contributed by atoms with E-state index in [4.69, 9.17) is 4.74 Å². The topological polar surface area (TPSA) is 122 Å². The van der Waals surface area contributed by atoms with Gasteiger partial charge in [0, 0.05) is 12.6 Å². The summed E-state index contributed by atoms with van der Waals surface area (Å²) in [6.07, 6.45) is 6.16. The molecule has 1 aromatic heterocycles. The van der Waals surface area contributed by atoms with E-state index in [-0.39, 0.29) is 29.9 Å². The highest BCUT2D eigenvalue weighted by Crippen LogP contribution is 2.37. The van der Waals surface area contributed by atoms with Crippen LogP contribution >= 0.6 is 0 Å². The number of anilines is 3. The van der Waals surface area contributed by atoms with Gasteiger partial charge in [0.25, 0.3) is 0 Å². The number of nitrogens with zero attached hydrogens (tertiary/aromatic N) is 3. The molecule has 0 radical (unpaired) electrons. The van der Waals surface area contributed by atoms with Crippen molar-refractivity contribution in [2.24, 2.45) is 0 Å². The highest BCUT2D eigenvalue weighted by molar-refractivity contribution is 7.91. The minimum absolute atomic E-state index is 0.0562. The van der Waals surface area contributed by atoms with Gasteiger partial charge in [0.1, 0.15) is 9.84 Å². The van der Waals surface area contributed by atoms with Crippen LogP contribution in [0.25, 0.3) is 0 Å². The number of ether oxygens (including phenoxy) is 1. The summed E-state index contributed by atoms with van der Waals surface area (Å²) in [5.74, 6) is -0.547. The summed E-state index contributed by atoms with van der Waals surface area (Å²) in [7, 11) is -2.97. The zero-order chi connectivity index (χ0) is 25.4. The number of carboxylic acids is 1. The molecule has 1 aromatic carbocycles. The van der Waals surface area contributed by atoms with E-state index in [1.807, 2.05) is 32.0 Å². The number of aromatic nitrogens is 2. The maximum atomic E-state index is 12.0. The van der Waals surface area contributed by atoms with Gasteiger partial charge in [0.15, 0.2) is 0 Å². The maximum absolute atomic E-state index is 12.0. The van der Waals surface area contributed by atoms with Gasteiger partial charge in [-0.3, -0.25) is 4.79 Å². The molecule has 1 aliphatic rings. The van der Waals surface area contributed by atoms with Crippen LogP contribution in [0.4, 0.5) is 17.1 Å². The first-order chi connectivity index (χ1) is 16.8. The normalized spacial score (nSPS) is 16.4. The Kier molecular flexibility index (Phi) is 9.31. The van der Waals surface area contributed by atoms with Crippen molar-refractivity contribution >= 4 is 32.9 Å². The summed E-state index contributed by atoms with van der Waals surface area (Å²) in [4.78, 5) is 22.2. The van der Waals surface area contributed by atoms with Gasteiger partial charge < -0.3 is 20.1 Å². The molecule has 0 spiro atoms. The molecule has 1 aliphatic heterocycles. The highest BCUT2D eigenvalue weighted by Gasteiger charge is 2.29. The van der Waals surface area contributed by atoms with Crippen molar-refractivity contribution in [2.45, 2.75) is 64.8 Å². The first-order valence-corrected chi connectivity index (χ1v) is 14.1. The standard InChI is InChI=1S/C25H36N4O5S/c1-4-11-29(21-9-12-35(32,33)13-10-21)23-8-7-19(18(5-2)15-24(30)31)14-22(23)28-20-16-26-25(27-17-20)34-6-3/h7-8,14,16-18,21,28H,4-6,9-13,15H2,1-3H3,(H,30,31). The predicted molar refractivity (Wildman–Crippen MR) is 138 cm³/mol. The Morgan fingerprint density at radius 3 is 2.46 bits per heavy atom. The number of hydrogen-bond acceptors (Lipinski definition) is 8. The van der Waals surface area contributed by atoms with Gasteiger partial charge in [-0.1, -0.05) is 19.9 Å². The van der Waals surface area contributed by atoms with E-state index in [1.165, 1.54) is 0 Å². The lowest BCUT2D eigenvalue weighted by molar-refractivity contribution is -0.137. The molecular formula is C25H36N4O5S. The van der Waals surface area contributed by atoms with Crippen LogP contribution in [0.2, 0.25) is 0 Å². The highest BCUT2D eigenvalue weighted by atomic mass is 32.2. The zero-order valence-electron chi connectivity index (χ0n) is 20.7. The van der Waals surface area contributed by atoms with Crippen LogP contribution in [-0.4, -0.2) is 60.2 Å². The Morgan fingerprint density at radius 2 is 1.89 bits per heavy atom. The molecule has 0 bridgehead atoms. The van der Waals surface area contributed by atoms with Crippen LogP contribution in [0.1, 0.15) is 64.4 Å². The van der Waals surface area contributed by atoms with Gasteiger partial charge in [-0.25, -0.2) is 18.4 Å². The number of benzene rings is 1. The average Bonchev–Trinajstić information content (AvgIpc) is 2.83. The van der Waals surface area contributed by atoms with Gasteiger partial charge in [0.2, 0.25) is 0 Å². The Morgan fingerprint density at radius 1 is 1.20 bits per heavy atom. The lowest BCUT2D eigenvalue weighted by Crippen LogP contribution is -2.42. The lowest BCUT2D eigenvalue weighted by Gasteiger charge is -2.37. The quantitative estimate of drug-likeness (QED) is 0.433. The fourth-order valence-electron chi connectivity index (χ4n) is 4.54. The molecule has 2 heterocycles. The zero-order valence-corrected chi connectivity index (χ0v) is 21.6. The van der Waals surface area contributed by atoms with Gasteiger partial charge in [-0.05, 0) is 56.2 Å². The van der Waals surface area contributed by atoms with Gasteiger partial charge >= 0.3 is 12.0 Å². The van der Waals surface area contributed by atoms with E-state index in [9.17, 15) is 18.3 Å². The first-order valence-electron chi connectivity index (χ1n) is 12.3. The Balaban J connectivity index is 1.99. The van der Waals surface area contributed by atoms with Crippen molar-refractivity contribution in [2.75, 3.05) is 34.9 Å². The maximum Gasteiger partial charge on any atom is 0.316 e. The number of hydrogen-bond donors (Lipinski definition) is 2. The van der Waals surface area contributed by atoms with Gasteiger partial charge in [0.05, 0.1) is 54.0 Å². The summed E-state index contributed by atoms with van der Waals surface area (Å²) >= 11 is 0. The average molecular weight is 505 g/mol. The van der Waals surface area contributed by atoms with E-state index >= 15 is 0 Å². The SMILES string of the molecule is CCCN(c1ccc(C(CC)CC(=O)O)cc1Nc1cnc(OCC)nc1)C1CCS(=O)(=O)CC1. The second-order valence-corrected chi connectivity index (χ2v) is 11.2. The summed E-state index contributed by atoms with van der Waals surface area (Å²) in [6, 6.07) is 6.44. The second kappa shape index (κ2) is 12.2. The Labute approximate surface area is 207 Å². The van der Waals surface area contributed by atoms with Gasteiger partial charge in [-0.2, -0.15) is 0 Å². The summed E-state index contributed by atoms with van der Waals surface area (Å²) in [5.41, 5.74) is 3.40. The smallest absolute Gasteiger partial charge is 0.316 e. The monoisotopic (exact) mass is 504 g/mol. The van der Waals surface area contributed by atoms with Crippen molar-refractivity contribution < 1.29 is 23.1 Å². The number of carbonyl (C=O) groups is 1. The molecule has 1 atom stereocenters. The van der Waals surface area contributed by atoms with Crippen LogP contribution in [0.5, 0.6) is 6.01 Å². The molecule has 192 valence electrons. The largest absolute Gasteiger partial charge is 0.481 e. The van der Waals surface area contributed by atoms with Gasteiger partial charge in [-0.15, -0.1) is 0 Å². The number of rotatable bonds is 12. The Bertz CT molecular complexity index is 1080. The molecule has 0 amide bonds. The lowest BCUT2D eigenvalue weighted by atomic mass is 9.92. The fraction of sp³-hybridized carbons (Fsp3) is 0.560. The Hall–Kier alpha value is -2.88. The first kappa shape index (κ1) is 26.7. The third-order valence-corrected chi connectivity index (χ3v) is 8.04. The van der Waals surface area contributed by atoms with Crippen molar-refractivity contribution in [3.05, 3.63) is 36.2 Å². The molecule has 0 saturated carbocycles. The summed E-state index contributed by atoms with van der Waals surface area (Å²) in [6.45, 7) is 7.22. The molecule has 10 heteroatoms. The number of nitrogens with one attached hydrogen (secondary N) is 1. The number of sulfone groups is 1. The molecule has 35 heavy (non-hydrogen) atoms. The van der Waals surface area contributed by atoms with E-state index in [0.717, 1.165) is 29.9 Å². The number of aliphatic carboxylic acids is 1. The predicted octanol–water partition coefficient (Wildman–Crippen LogP) is 4.38. The van der Waals surface area contributed by atoms with Crippen molar-refractivity contribution in [1.29, 1.82) is 0 Å². The molecule has 3 rings (SSSR count). The van der Waals surface area contributed by atoms with Crippen molar-refractivity contribution in [3.63, 3.8) is 0 Å². The van der Waals surface area contributed by atoms with Crippen molar-refractivity contribution in [1.82, 2.24) is 9.97 Å². The third kappa shape index (κ3) is 7.30. The van der Waals surface area contributed by atoms with Crippen LogP contribution in [-0.2, 0) is 14.6 Å². The molecule has 2 aromatic rings. The van der Waals surface area contributed by atoms with Crippen LogP contribution < -0.4 is 15.0 Å².